The predicted octanol–water partition coefficient (Wildman–Crippen LogP) is 1.01. The highest BCUT2D eigenvalue weighted by Gasteiger charge is 2.27. The topological polar surface area (TPSA) is 56.5 Å². The number of hydrogen-bond donors (Lipinski definition) is 1. The van der Waals surface area contributed by atoms with Crippen molar-refractivity contribution in [2.24, 2.45) is 5.41 Å². The molecule has 1 aliphatic heterocycles. The van der Waals surface area contributed by atoms with Crippen LogP contribution in [-0.4, -0.2) is 48.5 Å². The minimum absolute atomic E-state index is 0.0682. The molecule has 0 saturated carbocycles. The number of nitriles is 1. The summed E-state index contributed by atoms with van der Waals surface area (Å²) in [5, 5.41) is 18.0. The quantitative estimate of drug-likeness (QED) is 0.777. The lowest BCUT2D eigenvalue weighted by Gasteiger charge is -2.38. The second kappa shape index (κ2) is 5.62. The predicted molar refractivity (Wildman–Crippen MR) is 61.9 cm³/mol. The van der Waals surface area contributed by atoms with Crippen LogP contribution in [0, 0.1) is 16.7 Å². The normalized spacial score (nSPS) is 27.7. The van der Waals surface area contributed by atoms with Crippen LogP contribution >= 0.6 is 0 Å². The zero-order chi connectivity index (χ0) is 12.2. The monoisotopic (exact) mass is 226 g/mol. The Labute approximate surface area is 97.8 Å². The highest BCUT2D eigenvalue weighted by molar-refractivity contribution is 4.92. The number of aliphatic hydroxyl groups excluding tert-OH is 1. The molecule has 0 aliphatic carbocycles. The van der Waals surface area contributed by atoms with Gasteiger partial charge in [0.2, 0.25) is 0 Å². The molecule has 1 aliphatic rings. The van der Waals surface area contributed by atoms with Gasteiger partial charge in [-0.25, -0.2) is 0 Å². The van der Waals surface area contributed by atoms with Crippen molar-refractivity contribution in [2.45, 2.75) is 39.3 Å². The maximum Gasteiger partial charge on any atom is 0.0933 e. The van der Waals surface area contributed by atoms with Gasteiger partial charge in [0.15, 0.2) is 0 Å². The SMILES string of the molecule is CC1COC(CO)CN1CCC(C)(C)C#N. The van der Waals surface area contributed by atoms with E-state index in [-0.39, 0.29) is 18.1 Å². The third-order valence-electron chi connectivity index (χ3n) is 3.16. The highest BCUT2D eigenvalue weighted by atomic mass is 16.5. The van der Waals surface area contributed by atoms with Gasteiger partial charge in [-0.05, 0) is 27.2 Å². The largest absolute Gasteiger partial charge is 0.394 e. The Morgan fingerprint density at radius 3 is 2.81 bits per heavy atom. The van der Waals surface area contributed by atoms with Crippen molar-refractivity contribution < 1.29 is 9.84 Å². The van der Waals surface area contributed by atoms with E-state index in [1.54, 1.807) is 0 Å². The van der Waals surface area contributed by atoms with Crippen LogP contribution < -0.4 is 0 Å². The van der Waals surface area contributed by atoms with Crippen molar-refractivity contribution in [1.29, 1.82) is 5.26 Å². The van der Waals surface area contributed by atoms with Gasteiger partial charge in [0.25, 0.3) is 0 Å². The van der Waals surface area contributed by atoms with E-state index in [0.717, 1.165) is 19.5 Å². The molecule has 1 saturated heterocycles. The van der Waals surface area contributed by atoms with Crippen molar-refractivity contribution >= 4 is 0 Å². The summed E-state index contributed by atoms with van der Waals surface area (Å²) >= 11 is 0. The smallest absolute Gasteiger partial charge is 0.0933 e. The molecule has 0 aromatic heterocycles. The Kier molecular flexibility index (Phi) is 4.72. The van der Waals surface area contributed by atoms with Crippen LogP contribution in [0.15, 0.2) is 0 Å². The molecule has 0 aromatic carbocycles. The first kappa shape index (κ1) is 13.4. The van der Waals surface area contributed by atoms with Gasteiger partial charge in [-0.2, -0.15) is 5.26 Å². The number of morpholine rings is 1. The molecule has 92 valence electrons. The molecular weight excluding hydrogens is 204 g/mol. The third kappa shape index (κ3) is 3.75. The molecule has 0 spiro atoms. The molecule has 0 bridgehead atoms. The highest BCUT2D eigenvalue weighted by Crippen LogP contribution is 2.21. The molecule has 2 unspecified atom stereocenters. The Bertz CT molecular complexity index is 260. The van der Waals surface area contributed by atoms with E-state index in [0.29, 0.717) is 12.6 Å². The summed E-state index contributed by atoms with van der Waals surface area (Å²) in [6, 6.07) is 2.69. The summed E-state index contributed by atoms with van der Waals surface area (Å²) in [5.41, 5.74) is -0.271. The van der Waals surface area contributed by atoms with E-state index in [9.17, 15) is 0 Å². The van der Waals surface area contributed by atoms with Crippen LogP contribution in [-0.2, 0) is 4.74 Å². The second-order valence-corrected chi connectivity index (χ2v) is 5.23. The summed E-state index contributed by atoms with van der Waals surface area (Å²) in [6.07, 6.45) is 0.785. The van der Waals surface area contributed by atoms with Crippen LogP contribution in [0.5, 0.6) is 0 Å². The lowest BCUT2D eigenvalue weighted by molar-refractivity contribution is -0.0791. The van der Waals surface area contributed by atoms with Crippen LogP contribution in [0.2, 0.25) is 0 Å². The zero-order valence-corrected chi connectivity index (χ0v) is 10.4. The van der Waals surface area contributed by atoms with Gasteiger partial charge in [0, 0.05) is 19.1 Å². The van der Waals surface area contributed by atoms with Gasteiger partial charge in [-0.1, -0.05) is 0 Å². The van der Waals surface area contributed by atoms with Crippen molar-refractivity contribution in [3.8, 4) is 6.07 Å². The summed E-state index contributed by atoms with van der Waals surface area (Å²) in [6.45, 7) is 8.43. The average molecular weight is 226 g/mol. The maximum atomic E-state index is 9.07. The lowest BCUT2D eigenvalue weighted by Crippen LogP contribution is -2.50. The fourth-order valence-corrected chi connectivity index (χ4v) is 1.78. The molecule has 0 radical (unpaired) electrons. The third-order valence-corrected chi connectivity index (χ3v) is 3.16. The van der Waals surface area contributed by atoms with Gasteiger partial charge in [0.05, 0.1) is 30.8 Å². The standard InChI is InChI=1S/C12H22N2O2/c1-10-8-16-11(7-15)6-14(10)5-4-12(2,3)9-13/h10-11,15H,4-8H2,1-3H3. The first-order valence-electron chi connectivity index (χ1n) is 5.86. The van der Waals surface area contributed by atoms with E-state index in [1.807, 2.05) is 13.8 Å². The van der Waals surface area contributed by atoms with Gasteiger partial charge in [-0.15, -0.1) is 0 Å². The van der Waals surface area contributed by atoms with Crippen LogP contribution in [0.3, 0.4) is 0 Å². The summed E-state index contributed by atoms with van der Waals surface area (Å²) in [7, 11) is 0. The molecule has 4 heteroatoms. The fraction of sp³-hybridized carbons (Fsp3) is 0.917. The van der Waals surface area contributed by atoms with Crippen LogP contribution in [0.4, 0.5) is 0 Å². The van der Waals surface area contributed by atoms with E-state index in [1.165, 1.54) is 0 Å². The zero-order valence-electron chi connectivity index (χ0n) is 10.4. The lowest BCUT2D eigenvalue weighted by atomic mass is 9.91. The van der Waals surface area contributed by atoms with E-state index in [2.05, 4.69) is 17.9 Å². The van der Waals surface area contributed by atoms with Crippen molar-refractivity contribution in [3.63, 3.8) is 0 Å². The van der Waals surface area contributed by atoms with Crippen molar-refractivity contribution in [1.82, 2.24) is 4.90 Å². The maximum absolute atomic E-state index is 9.07. The number of aliphatic hydroxyl groups is 1. The molecule has 4 nitrogen and oxygen atoms in total. The van der Waals surface area contributed by atoms with E-state index < -0.39 is 0 Å². The molecule has 0 aromatic rings. The van der Waals surface area contributed by atoms with Crippen molar-refractivity contribution in [2.75, 3.05) is 26.3 Å². The number of rotatable bonds is 4. The summed E-state index contributed by atoms with van der Waals surface area (Å²) < 4.78 is 5.47. The number of nitrogens with zero attached hydrogens (tertiary/aromatic N) is 2. The average Bonchev–Trinajstić information content (AvgIpc) is 2.28. The van der Waals surface area contributed by atoms with Gasteiger partial charge in [0.1, 0.15) is 0 Å². The molecular formula is C12H22N2O2. The number of ether oxygens (including phenoxy) is 1. The van der Waals surface area contributed by atoms with Crippen LogP contribution in [0.1, 0.15) is 27.2 Å². The summed E-state index contributed by atoms with van der Waals surface area (Å²) in [5.74, 6) is 0. The minimum Gasteiger partial charge on any atom is -0.394 e. The Morgan fingerprint density at radius 1 is 1.56 bits per heavy atom. The second-order valence-electron chi connectivity index (χ2n) is 5.23. The molecule has 1 rings (SSSR count). The van der Waals surface area contributed by atoms with Gasteiger partial charge in [-0.3, -0.25) is 4.90 Å². The van der Waals surface area contributed by atoms with Gasteiger partial charge >= 0.3 is 0 Å². The number of hydrogen-bond acceptors (Lipinski definition) is 4. The van der Waals surface area contributed by atoms with E-state index >= 15 is 0 Å². The molecule has 0 amide bonds. The fourth-order valence-electron chi connectivity index (χ4n) is 1.78. The first-order chi connectivity index (χ1) is 7.48. The minimum atomic E-state index is -0.271. The molecule has 1 heterocycles. The van der Waals surface area contributed by atoms with E-state index in [4.69, 9.17) is 15.1 Å². The molecule has 2 atom stereocenters. The van der Waals surface area contributed by atoms with Gasteiger partial charge < -0.3 is 9.84 Å². The molecule has 1 fully saturated rings. The Balaban J connectivity index is 2.43. The Morgan fingerprint density at radius 2 is 2.25 bits per heavy atom. The Hall–Kier alpha value is -0.630. The van der Waals surface area contributed by atoms with Crippen LogP contribution in [0.25, 0.3) is 0 Å². The first-order valence-corrected chi connectivity index (χ1v) is 5.86. The summed E-state index contributed by atoms with van der Waals surface area (Å²) in [4.78, 5) is 2.30. The molecule has 16 heavy (non-hydrogen) atoms. The van der Waals surface area contributed by atoms with Crippen molar-refractivity contribution in [3.05, 3.63) is 0 Å². The molecule has 1 N–H and O–H groups in total.